The van der Waals surface area contributed by atoms with E-state index in [-0.39, 0.29) is 0 Å². The standard InChI is InChI=1S/C16H30N4/c1-5-9-17-11-13-8-7-10-19(3)16(13)14-12-20(4)18-15(14)6-2/h12-13,16-17H,5-11H2,1-4H3. The molecule has 2 rings (SSSR count). The quantitative estimate of drug-likeness (QED) is 0.811. The summed E-state index contributed by atoms with van der Waals surface area (Å²) in [4.78, 5) is 2.53. The lowest BCUT2D eigenvalue weighted by atomic mass is 9.84. The van der Waals surface area contributed by atoms with Crippen LogP contribution in [0.25, 0.3) is 0 Å². The number of rotatable bonds is 6. The smallest absolute Gasteiger partial charge is 0.0669 e. The van der Waals surface area contributed by atoms with Crippen LogP contribution in [-0.2, 0) is 13.5 Å². The van der Waals surface area contributed by atoms with Gasteiger partial charge in [-0.2, -0.15) is 5.10 Å². The topological polar surface area (TPSA) is 33.1 Å². The first-order chi connectivity index (χ1) is 9.67. The second-order valence-electron chi connectivity index (χ2n) is 6.09. The Morgan fingerprint density at radius 2 is 2.15 bits per heavy atom. The molecular weight excluding hydrogens is 248 g/mol. The summed E-state index contributed by atoms with van der Waals surface area (Å²) in [5.74, 6) is 0.704. The predicted molar refractivity (Wildman–Crippen MR) is 83.8 cm³/mol. The van der Waals surface area contributed by atoms with Crippen LogP contribution in [0.4, 0.5) is 0 Å². The van der Waals surface area contributed by atoms with Crippen LogP contribution in [-0.4, -0.2) is 41.4 Å². The molecule has 0 aromatic carbocycles. The molecule has 0 amide bonds. The van der Waals surface area contributed by atoms with E-state index in [1.807, 2.05) is 11.7 Å². The van der Waals surface area contributed by atoms with Crippen molar-refractivity contribution in [1.29, 1.82) is 0 Å². The van der Waals surface area contributed by atoms with Gasteiger partial charge in [-0.3, -0.25) is 9.58 Å². The third kappa shape index (κ3) is 3.41. The van der Waals surface area contributed by atoms with E-state index in [1.54, 1.807) is 0 Å². The lowest BCUT2D eigenvalue weighted by Crippen LogP contribution is -2.40. The molecule has 4 nitrogen and oxygen atoms in total. The number of piperidine rings is 1. The maximum Gasteiger partial charge on any atom is 0.0669 e. The van der Waals surface area contributed by atoms with Crippen LogP contribution in [0, 0.1) is 5.92 Å². The van der Waals surface area contributed by atoms with E-state index < -0.39 is 0 Å². The van der Waals surface area contributed by atoms with Crippen LogP contribution in [0.15, 0.2) is 6.20 Å². The van der Waals surface area contributed by atoms with Crippen molar-refractivity contribution in [3.63, 3.8) is 0 Å². The van der Waals surface area contributed by atoms with E-state index in [1.165, 1.54) is 37.1 Å². The number of nitrogens with zero attached hydrogens (tertiary/aromatic N) is 3. The van der Waals surface area contributed by atoms with Gasteiger partial charge in [-0.15, -0.1) is 0 Å². The molecule has 20 heavy (non-hydrogen) atoms. The predicted octanol–water partition coefficient (Wildman–Crippen LogP) is 2.37. The molecule has 1 aliphatic rings. The molecule has 0 spiro atoms. The van der Waals surface area contributed by atoms with Crippen LogP contribution in [0.3, 0.4) is 0 Å². The molecule has 1 aliphatic heterocycles. The highest BCUT2D eigenvalue weighted by molar-refractivity contribution is 5.23. The highest BCUT2D eigenvalue weighted by Crippen LogP contribution is 2.36. The van der Waals surface area contributed by atoms with E-state index in [2.05, 4.69) is 42.4 Å². The van der Waals surface area contributed by atoms with Gasteiger partial charge in [0.25, 0.3) is 0 Å². The molecule has 1 aromatic rings. The molecule has 0 aliphatic carbocycles. The molecule has 0 saturated carbocycles. The van der Waals surface area contributed by atoms with Gasteiger partial charge in [0.2, 0.25) is 0 Å². The number of hydrogen-bond donors (Lipinski definition) is 1. The summed E-state index contributed by atoms with van der Waals surface area (Å²) >= 11 is 0. The number of aryl methyl sites for hydroxylation is 2. The molecule has 0 radical (unpaired) electrons. The van der Waals surface area contributed by atoms with E-state index in [9.17, 15) is 0 Å². The molecule has 1 saturated heterocycles. The summed E-state index contributed by atoms with van der Waals surface area (Å²) < 4.78 is 1.98. The second kappa shape index (κ2) is 7.23. The molecule has 4 heteroatoms. The van der Waals surface area contributed by atoms with Gasteiger partial charge in [-0.05, 0) is 58.3 Å². The van der Waals surface area contributed by atoms with Crippen molar-refractivity contribution in [2.45, 2.75) is 45.6 Å². The van der Waals surface area contributed by atoms with Crippen molar-refractivity contribution < 1.29 is 0 Å². The van der Waals surface area contributed by atoms with E-state index in [4.69, 9.17) is 0 Å². The minimum atomic E-state index is 0.525. The van der Waals surface area contributed by atoms with Gasteiger partial charge in [-0.25, -0.2) is 0 Å². The van der Waals surface area contributed by atoms with Crippen molar-refractivity contribution in [1.82, 2.24) is 20.0 Å². The number of nitrogens with one attached hydrogen (secondary N) is 1. The zero-order valence-corrected chi connectivity index (χ0v) is 13.5. The summed E-state index contributed by atoms with van der Waals surface area (Å²) in [6.07, 6.45) is 7.10. The average molecular weight is 278 g/mol. The Balaban J connectivity index is 2.18. The van der Waals surface area contributed by atoms with Crippen molar-refractivity contribution in [2.24, 2.45) is 13.0 Å². The zero-order valence-electron chi connectivity index (χ0n) is 13.5. The highest BCUT2D eigenvalue weighted by atomic mass is 15.3. The fourth-order valence-electron chi connectivity index (χ4n) is 3.50. The van der Waals surface area contributed by atoms with Crippen LogP contribution < -0.4 is 5.32 Å². The molecular formula is C16H30N4. The normalized spacial score (nSPS) is 24.2. The van der Waals surface area contributed by atoms with Crippen molar-refractivity contribution in [3.8, 4) is 0 Å². The van der Waals surface area contributed by atoms with Gasteiger partial charge in [0.15, 0.2) is 0 Å². The fourth-order valence-corrected chi connectivity index (χ4v) is 3.50. The van der Waals surface area contributed by atoms with Gasteiger partial charge < -0.3 is 5.32 Å². The van der Waals surface area contributed by atoms with Gasteiger partial charge in [0.05, 0.1) is 5.69 Å². The molecule has 1 N–H and O–H groups in total. The Kier molecular flexibility index (Phi) is 5.61. The maximum absolute atomic E-state index is 4.64. The summed E-state index contributed by atoms with van der Waals surface area (Å²) in [5, 5.41) is 8.25. The largest absolute Gasteiger partial charge is 0.316 e. The van der Waals surface area contributed by atoms with Crippen LogP contribution in [0.5, 0.6) is 0 Å². The van der Waals surface area contributed by atoms with E-state index in [0.29, 0.717) is 12.0 Å². The third-order valence-corrected chi connectivity index (χ3v) is 4.43. The SMILES string of the molecule is CCCNCC1CCCN(C)C1c1cn(C)nc1CC. The van der Waals surface area contributed by atoms with Crippen LogP contribution in [0.2, 0.25) is 0 Å². The van der Waals surface area contributed by atoms with Crippen molar-refractivity contribution >= 4 is 0 Å². The average Bonchev–Trinajstić information content (AvgIpc) is 2.80. The molecule has 0 bridgehead atoms. The van der Waals surface area contributed by atoms with Gasteiger partial charge in [-0.1, -0.05) is 13.8 Å². The summed E-state index contributed by atoms with van der Waals surface area (Å²) in [6.45, 7) is 7.89. The Morgan fingerprint density at radius 3 is 2.85 bits per heavy atom. The molecule has 114 valence electrons. The molecule has 1 aromatic heterocycles. The Labute approximate surface area is 123 Å². The van der Waals surface area contributed by atoms with Gasteiger partial charge in [0.1, 0.15) is 0 Å². The Hall–Kier alpha value is -0.870. The fraction of sp³-hybridized carbons (Fsp3) is 0.812. The first kappa shape index (κ1) is 15.5. The van der Waals surface area contributed by atoms with Crippen molar-refractivity contribution in [3.05, 3.63) is 17.5 Å². The number of hydrogen-bond acceptors (Lipinski definition) is 3. The van der Waals surface area contributed by atoms with Gasteiger partial charge in [0, 0.05) is 24.8 Å². The monoisotopic (exact) mass is 278 g/mol. The summed E-state index contributed by atoms with van der Waals surface area (Å²) in [5.41, 5.74) is 2.72. The minimum Gasteiger partial charge on any atom is -0.316 e. The second-order valence-corrected chi connectivity index (χ2v) is 6.09. The maximum atomic E-state index is 4.64. The minimum absolute atomic E-state index is 0.525. The van der Waals surface area contributed by atoms with E-state index >= 15 is 0 Å². The van der Waals surface area contributed by atoms with Crippen LogP contribution >= 0.6 is 0 Å². The third-order valence-electron chi connectivity index (χ3n) is 4.43. The first-order valence-electron chi connectivity index (χ1n) is 8.10. The molecule has 2 unspecified atom stereocenters. The number of aromatic nitrogens is 2. The summed E-state index contributed by atoms with van der Waals surface area (Å²) in [7, 11) is 4.30. The number of likely N-dealkylation sites (tertiary alicyclic amines) is 1. The lowest BCUT2D eigenvalue weighted by Gasteiger charge is -2.39. The molecule has 1 fully saturated rings. The molecule has 2 atom stereocenters. The van der Waals surface area contributed by atoms with Crippen LogP contribution in [0.1, 0.15) is 50.4 Å². The zero-order chi connectivity index (χ0) is 14.5. The highest BCUT2D eigenvalue weighted by Gasteiger charge is 2.32. The Bertz CT molecular complexity index is 413. The molecule has 2 heterocycles. The lowest BCUT2D eigenvalue weighted by molar-refractivity contribution is 0.119. The summed E-state index contributed by atoms with van der Waals surface area (Å²) in [6, 6.07) is 0.525. The van der Waals surface area contributed by atoms with Crippen molar-refractivity contribution in [2.75, 3.05) is 26.7 Å². The Morgan fingerprint density at radius 1 is 1.35 bits per heavy atom. The van der Waals surface area contributed by atoms with Gasteiger partial charge >= 0.3 is 0 Å². The first-order valence-corrected chi connectivity index (χ1v) is 8.10. The van der Waals surface area contributed by atoms with E-state index in [0.717, 1.165) is 19.5 Å².